The molecule has 2 aromatic rings. The van der Waals surface area contributed by atoms with Gasteiger partial charge in [-0.05, 0) is 48.7 Å². The second kappa shape index (κ2) is 8.37. The molecule has 0 atom stereocenters. The Hall–Kier alpha value is -1.76. The lowest BCUT2D eigenvalue weighted by Crippen LogP contribution is -2.25. The first-order valence-electron chi connectivity index (χ1n) is 7.42. The highest BCUT2D eigenvalue weighted by Crippen LogP contribution is 2.26. The van der Waals surface area contributed by atoms with Crippen molar-refractivity contribution in [2.45, 2.75) is 17.7 Å². The first kappa shape index (κ1) is 18.6. The SMILES string of the molecule is COc1cccc(CCCNS(=O)(=O)c2ccc(OC)c(Cl)c2)c1. The number of hydrogen-bond acceptors (Lipinski definition) is 4. The number of sulfonamides is 1. The Balaban J connectivity index is 1.92. The molecule has 0 saturated heterocycles. The number of rotatable bonds is 8. The predicted molar refractivity (Wildman–Crippen MR) is 94.5 cm³/mol. The van der Waals surface area contributed by atoms with Crippen LogP contribution >= 0.6 is 11.6 Å². The van der Waals surface area contributed by atoms with Gasteiger partial charge in [0, 0.05) is 6.54 Å². The molecule has 1 N–H and O–H groups in total. The van der Waals surface area contributed by atoms with E-state index in [0.29, 0.717) is 18.7 Å². The highest BCUT2D eigenvalue weighted by Gasteiger charge is 2.15. The van der Waals surface area contributed by atoms with E-state index >= 15 is 0 Å². The molecule has 0 aliphatic rings. The van der Waals surface area contributed by atoms with E-state index in [1.165, 1.54) is 25.3 Å². The summed E-state index contributed by atoms with van der Waals surface area (Å²) in [6.45, 7) is 0.336. The molecule has 0 fully saturated rings. The molecule has 0 saturated carbocycles. The molecule has 0 aliphatic carbocycles. The van der Waals surface area contributed by atoms with E-state index in [0.717, 1.165) is 17.7 Å². The Bertz CT molecular complexity index is 793. The Morgan fingerprint density at radius 3 is 2.54 bits per heavy atom. The van der Waals surface area contributed by atoms with Crippen molar-refractivity contribution in [3.8, 4) is 11.5 Å². The molecule has 2 rings (SSSR count). The van der Waals surface area contributed by atoms with Gasteiger partial charge in [0.1, 0.15) is 11.5 Å². The van der Waals surface area contributed by atoms with Crippen molar-refractivity contribution in [1.29, 1.82) is 0 Å². The van der Waals surface area contributed by atoms with Crippen LogP contribution in [0.5, 0.6) is 11.5 Å². The molecule has 0 amide bonds. The second-order valence-corrected chi connectivity index (χ2v) is 7.32. The number of halogens is 1. The maximum absolute atomic E-state index is 12.3. The van der Waals surface area contributed by atoms with E-state index in [2.05, 4.69) is 4.72 Å². The summed E-state index contributed by atoms with van der Waals surface area (Å²) in [7, 11) is -0.493. The van der Waals surface area contributed by atoms with Gasteiger partial charge < -0.3 is 9.47 Å². The Morgan fingerprint density at radius 1 is 1.08 bits per heavy atom. The number of methoxy groups -OCH3 is 2. The maximum Gasteiger partial charge on any atom is 0.240 e. The van der Waals surface area contributed by atoms with Crippen molar-refractivity contribution < 1.29 is 17.9 Å². The molecule has 7 heteroatoms. The lowest BCUT2D eigenvalue weighted by molar-refractivity contribution is 0.414. The van der Waals surface area contributed by atoms with Crippen molar-refractivity contribution in [1.82, 2.24) is 4.72 Å². The molecule has 24 heavy (non-hydrogen) atoms. The third kappa shape index (κ3) is 4.87. The van der Waals surface area contributed by atoms with Crippen LogP contribution in [0.3, 0.4) is 0 Å². The average Bonchev–Trinajstić information content (AvgIpc) is 2.59. The third-order valence-electron chi connectivity index (χ3n) is 3.50. The Labute approximate surface area is 147 Å². The van der Waals surface area contributed by atoms with E-state index in [9.17, 15) is 8.42 Å². The van der Waals surface area contributed by atoms with Crippen LogP contribution in [-0.2, 0) is 16.4 Å². The summed E-state index contributed by atoms with van der Waals surface area (Å²) in [4.78, 5) is 0.120. The summed E-state index contributed by atoms with van der Waals surface area (Å²) in [6.07, 6.45) is 1.43. The van der Waals surface area contributed by atoms with Gasteiger partial charge in [0.2, 0.25) is 10.0 Å². The summed E-state index contributed by atoms with van der Waals surface area (Å²) < 4.78 is 37.3. The highest BCUT2D eigenvalue weighted by atomic mass is 35.5. The first-order valence-corrected chi connectivity index (χ1v) is 9.28. The molecule has 0 aliphatic heterocycles. The number of hydrogen-bond donors (Lipinski definition) is 1. The van der Waals surface area contributed by atoms with Crippen molar-refractivity contribution >= 4 is 21.6 Å². The molecular weight excluding hydrogens is 350 g/mol. The normalized spacial score (nSPS) is 11.3. The largest absolute Gasteiger partial charge is 0.497 e. The van der Waals surface area contributed by atoms with Gasteiger partial charge >= 0.3 is 0 Å². The van der Waals surface area contributed by atoms with Gasteiger partial charge in [-0.3, -0.25) is 0 Å². The summed E-state index contributed by atoms with van der Waals surface area (Å²) in [5.41, 5.74) is 1.10. The standard InChI is InChI=1S/C17H20ClNO4S/c1-22-14-7-3-5-13(11-14)6-4-10-19-24(20,21)15-8-9-17(23-2)16(18)12-15/h3,5,7-9,11-12,19H,4,6,10H2,1-2H3. The van der Waals surface area contributed by atoms with Crippen LogP contribution in [-0.4, -0.2) is 29.2 Å². The van der Waals surface area contributed by atoms with E-state index in [4.69, 9.17) is 21.1 Å². The van der Waals surface area contributed by atoms with Crippen molar-refractivity contribution in [2.24, 2.45) is 0 Å². The van der Waals surface area contributed by atoms with Gasteiger partial charge in [-0.2, -0.15) is 0 Å². The quantitative estimate of drug-likeness (QED) is 0.725. The summed E-state index contributed by atoms with van der Waals surface area (Å²) >= 11 is 5.98. The number of nitrogens with one attached hydrogen (secondary N) is 1. The minimum atomic E-state index is -3.59. The number of aryl methyl sites for hydroxylation is 1. The van der Waals surface area contributed by atoms with Gasteiger partial charge in [-0.15, -0.1) is 0 Å². The zero-order valence-corrected chi connectivity index (χ0v) is 15.2. The minimum Gasteiger partial charge on any atom is -0.497 e. The number of benzene rings is 2. The molecule has 130 valence electrons. The molecule has 0 unspecified atom stereocenters. The Morgan fingerprint density at radius 2 is 1.88 bits per heavy atom. The molecule has 0 spiro atoms. The molecule has 5 nitrogen and oxygen atoms in total. The lowest BCUT2D eigenvalue weighted by Gasteiger charge is -2.09. The predicted octanol–water partition coefficient (Wildman–Crippen LogP) is 3.27. The average molecular weight is 370 g/mol. The summed E-state index contributed by atoms with van der Waals surface area (Å²) in [5.74, 6) is 1.23. The molecule has 2 aromatic carbocycles. The number of ether oxygens (including phenoxy) is 2. The fraction of sp³-hybridized carbons (Fsp3) is 0.294. The monoisotopic (exact) mass is 369 g/mol. The molecule has 0 bridgehead atoms. The summed E-state index contributed by atoms with van der Waals surface area (Å²) in [6, 6.07) is 12.1. The zero-order valence-electron chi connectivity index (χ0n) is 13.6. The van der Waals surface area contributed by atoms with Crippen LogP contribution in [0, 0.1) is 0 Å². The van der Waals surface area contributed by atoms with Crippen LogP contribution in [0.15, 0.2) is 47.4 Å². The van der Waals surface area contributed by atoms with E-state index < -0.39 is 10.0 Å². The molecule has 0 aromatic heterocycles. The zero-order chi connectivity index (χ0) is 17.6. The third-order valence-corrected chi connectivity index (χ3v) is 5.26. The second-order valence-electron chi connectivity index (χ2n) is 5.15. The van der Waals surface area contributed by atoms with Crippen molar-refractivity contribution in [3.63, 3.8) is 0 Å². The van der Waals surface area contributed by atoms with Gasteiger partial charge in [0.05, 0.1) is 24.1 Å². The smallest absolute Gasteiger partial charge is 0.240 e. The van der Waals surface area contributed by atoms with Gasteiger partial charge in [-0.25, -0.2) is 13.1 Å². The lowest BCUT2D eigenvalue weighted by atomic mass is 10.1. The Kier molecular flexibility index (Phi) is 6.48. The fourth-order valence-electron chi connectivity index (χ4n) is 2.22. The van der Waals surface area contributed by atoms with Crippen LogP contribution in [0.4, 0.5) is 0 Å². The topological polar surface area (TPSA) is 64.6 Å². The van der Waals surface area contributed by atoms with Crippen LogP contribution in [0.1, 0.15) is 12.0 Å². The van der Waals surface area contributed by atoms with Crippen molar-refractivity contribution in [3.05, 3.63) is 53.1 Å². The van der Waals surface area contributed by atoms with Gasteiger partial charge in [-0.1, -0.05) is 23.7 Å². The van der Waals surface area contributed by atoms with E-state index in [1.807, 2.05) is 24.3 Å². The minimum absolute atomic E-state index is 0.120. The van der Waals surface area contributed by atoms with Crippen LogP contribution < -0.4 is 14.2 Å². The van der Waals surface area contributed by atoms with E-state index in [-0.39, 0.29) is 9.92 Å². The summed E-state index contributed by atoms with van der Waals surface area (Å²) in [5, 5.41) is 0.261. The van der Waals surface area contributed by atoms with Crippen molar-refractivity contribution in [2.75, 3.05) is 20.8 Å². The highest BCUT2D eigenvalue weighted by molar-refractivity contribution is 7.89. The van der Waals surface area contributed by atoms with Gasteiger partial charge in [0.25, 0.3) is 0 Å². The maximum atomic E-state index is 12.3. The molecular formula is C17H20ClNO4S. The fourth-order valence-corrected chi connectivity index (χ4v) is 3.65. The first-order chi connectivity index (χ1) is 11.5. The van der Waals surface area contributed by atoms with Gasteiger partial charge in [0.15, 0.2) is 0 Å². The van der Waals surface area contributed by atoms with Crippen LogP contribution in [0.25, 0.3) is 0 Å². The van der Waals surface area contributed by atoms with E-state index in [1.54, 1.807) is 7.11 Å². The molecule has 0 radical (unpaired) electrons. The van der Waals surface area contributed by atoms with Crippen LogP contribution in [0.2, 0.25) is 5.02 Å². The molecule has 0 heterocycles.